The van der Waals surface area contributed by atoms with E-state index in [0.29, 0.717) is 15.6 Å². The Kier molecular flexibility index (Phi) is 8.99. The number of hydrogen-bond donors (Lipinski definition) is 1. The summed E-state index contributed by atoms with van der Waals surface area (Å²) in [5, 5.41) is 3.10. The molecule has 0 radical (unpaired) electrons. The molecule has 0 unspecified atom stereocenters. The molecule has 1 N–H and O–H groups in total. The van der Waals surface area contributed by atoms with Gasteiger partial charge in [-0.3, -0.25) is 14.9 Å². The highest BCUT2D eigenvalue weighted by molar-refractivity contribution is 6.42. The van der Waals surface area contributed by atoms with Crippen LogP contribution in [0.4, 0.5) is 10.5 Å². The molecule has 206 valence electrons. The number of benzene rings is 3. The Morgan fingerprint density at radius 2 is 1.65 bits per heavy atom. The van der Waals surface area contributed by atoms with Gasteiger partial charge < -0.3 is 14.2 Å². The molecule has 3 aromatic rings. The van der Waals surface area contributed by atoms with Gasteiger partial charge in [0.2, 0.25) is 0 Å². The van der Waals surface area contributed by atoms with Gasteiger partial charge in [-0.1, -0.05) is 40.9 Å². The van der Waals surface area contributed by atoms with Crippen molar-refractivity contribution in [2.45, 2.75) is 13.5 Å². The number of amides is 4. The normalized spacial score (nSPS) is 14.3. The van der Waals surface area contributed by atoms with Gasteiger partial charge in [0.25, 0.3) is 11.8 Å². The van der Waals surface area contributed by atoms with Gasteiger partial charge >= 0.3 is 12.0 Å². The van der Waals surface area contributed by atoms with E-state index in [1.165, 1.54) is 43.5 Å². The predicted octanol–water partition coefficient (Wildman–Crippen LogP) is 6.08. The van der Waals surface area contributed by atoms with Crippen molar-refractivity contribution in [1.29, 1.82) is 0 Å². The zero-order valence-electron chi connectivity index (χ0n) is 21.1. The van der Waals surface area contributed by atoms with Crippen LogP contribution in [-0.4, -0.2) is 37.5 Å². The summed E-state index contributed by atoms with van der Waals surface area (Å²) >= 11 is 18.6. The van der Waals surface area contributed by atoms with Crippen LogP contribution in [0.15, 0.2) is 60.2 Å². The summed E-state index contributed by atoms with van der Waals surface area (Å²) in [5.41, 5.74) is 1.15. The van der Waals surface area contributed by atoms with E-state index in [2.05, 4.69) is 10.1 Å². The first-order chi connectivity index (χ1) is 19.1. The average molecular weight is 604 g/mol. The Hall–Kier alpha value is -4.05. The fraction of sp³-hybridized carbons (Fsp3) is 0.143. The number of nitrogens with one attached hydrogen (secondary N) is 1. The van der Waals surface area contributed by atoms with Crippen molar-refractivity contribution < 1.29 is 33.4 Å². The number of esters is 1. The predicted molar refractivity (Wildman–Crippen MR) is 150 cm³/mol. The summed E-state index contributed by atoms with van der Waals surface area (Å²) in [6.07, 6.45) is 1.29. The molecule has 0 atom stereocenters. The van der Waals surface area contributed by atoms with E-state index in [1.807, 2.05) is 0 Å². The molecule has 0 saturated carbocycles. The number of ether oxygens (including phenoxy) is 3. The number of carbonyl (C=O) groups is 4. The molecule has 4 rings (SSSR count). The first kappa shape index (κ1) is 28.9. The molecule has 0 bridgehead atoms. The lowest BCUT2D eigenvalue weighted by molar-refractivity contribution is -0.122. The molecule has 1 aliphatic heterocycles. The smallest absolute Gasteiger partial charge is 0.337 e. The quantitative estimate of drug-likeness (QED) is 0.189. The molecule has 12 heteroatoms. The number of urea groups is 1. The van der Waals surface area contributed by atoms with Gasteiger partial charge in [-0.05, 0) is 72.7 Å². The van der Waals surface area contributed by atoms with E-state index in [9.17, 15) is 19.2 Å². The SMILES string of the molecule is CCOc1cc(/C=C2\C(=O)NC(=O)N(c3ccc(C(=O)OC)cc3)C2=O)cc(Cl)c1OCc1ccc(Cl)c(Cl)c1. The minimum absolute atomic E-state index is 0.115. The molecule has 1 aliphatic rings. The second-order valence-corrected chi connectivity index (χ2v) is 9.52. The molecule has 4 amide bonds. The van der Waals surface area contributed by atoms with Gasteiger partial charge in [0.05, 0.1) is 40.0 Å². The molecule has 0 aliphatic carbocycles. The number of nitrogens with zero attached hydrogens (tertiary/aromatic N) is 1. The van der Waals surface area contributed by atoms with E-state index in [1.54, 1.807) is 31.2 Å². The van der Waals surface area contributed by atoms with Crippen LogP contribution in [0.1, 0.15) is 28.4 Å². The van der Waals surface area contributed by atoms with Crippen LogP contribution in [0.25, 0.3) is 6.08 Å². The Labute approximate surface area is 244 Å². The summed E-state index contributed by atoms with van der Waals surface area (Å²) in [4.78, 5) is 50.9. The number of anilines is 1. The number of barbiturate groups is 1. The third-order valence-corrected chi connectivity index (χ3v) is 6.68. The first-order valence-electron chi connectivity index (χ1n) is 11.8. The second-order valence-electron chi connectivity index (χ2n) is 8.30. The fourth-order valence-electron chi connectivity index (χ4n) is 3.78. The molecule has 0 aromatic heterocycles. The lowest BCUT2D eigenvalue weighted by Gasteiger charge is -2.26. The molecular formula is C28H21Cl3N2O7. The van der Waals surface area contributed by atoms with Crippen molar-refractivity contribution in [2.24, 2.45) is 0 Å². The van der Waals surface area contributed by atoms with Crippen molar-refractivity contribution in [3.05, 3.63) is 91.9 Å². The number of imide groups is 2. The minimum Gasteiger partial charge on any atom is -0.490 e. The van der Waals surface area contributed by atoms with Gasteiger partial charge in [0, 0.05) is 0 Å². The van der Waals surface area contributed by atoms with Crippen molar-refractivity contribution in [3.8, 4) is 11.5 Å². The van der Waals surface area contributed by atoms with Crippen LogP contribution >= 0.6 is 34.8 Å². The summed E-state index contributed by atoms with van der Waals surface area (Å²) in [6, 6.07) is 12.8. The lowest BCUT2D eigenvalue weighted by atomic mass is 10.1. The number of rotatable bonds is 8. The van der Waals surface area contributed by atoms with Gasteiger partial charge in [-0.25, -0.2) is 14.5 Å². The van der Waals surface area contributed by atoms with E-state index in [-0.39, 0.29) is 46.6 Å². The third-order valence-electron chi connectivity index (χ3n) is 5.66. The van der Waals surface area contributed by atoms with E-state index in [0.717, 1.165) is 10.5 Å². The molecule has 1 heterocycles. The highest BCUT2D eigenvalue weighted by atomic mass is 35.5. The summed E-state index contributed by atoms with van der Waals surface area (Å²) in [5.74, 6) is -1.81. The van der Waals surface area contributed by atoms with Crippen molar-refractivity contribution in [3.63, 3.8) is 0 Å². The zero-order chi connectivity index (χ0) is 29.0. The van der Waals surface area contributed by atoms with Gasteiger partial charge in [-0.2, -0.15) is 0 Å². The van der Waals surface area contributed by atoms with E-state index in [4.69, 9.17) is 44.3 Å². The molecule has 1 saturated heterocycles. The summed E-state index contributed by atoms with van der Waals surface area (Å²) in [6.45, 7) is 2.17. The average Bonchev–Trinajstić information content (AvgIpc) is 2.92. The molecule has 1 fully saturated rings. The highest BCUT2D eigenvalue weighted by Crippen LogP contribution is 2.38. The highest BCUT2D eigenvalue weighted by Gasteiger charge is 2.37. The Morgan fingerprint density at radius 1 is 0.925 bits per heavy atom. The molecule has 40 heavy (non-hydrogen) atoms. The zero-order valence-corrected chi connectivity index (χ0v) is 23.4. The topological polar surface area (TPSA) is 111 Å². The maximum Gasteiger partial charge on any atom is 0.337 e. The monoisotopic (exact) mass is 602 g/mol. The van der Waals surface area contributed by atoms with Crippen molar-refractivity contribution >= 4 is 70.4 Å². The van der Waals surface area contributed by atoms with Crippen LogP contribution in [0.3, 0.4) is 0 Å². The molecule has 0 spiro atoms. The van der Waals surface area contributed by atoms with Crippen LogP contribution in [0.2, 0.25) is 15.1 Å². The van der Waals surface area contributed by atoms with Crippen LogP contribution in [0.5, 0.6) is 11.5 Å². The Bertz CT molecular complexity index is 1540. The Morgan fingerprint density at radius 3 is 2.30 bits per heavy atom. The van der Waals surface area contributed by atoms with E-state index < -0.39 is 23.8 Å². The van der Waals surface area contributed by atoms with Gasteiger partial charge in [0.1, 0.15) is 12.2 Å². The van der Waals surface area contributed by atoms with Gasteiger partial charge in [0.15, 0.2) is 11.5 Å². The Balaban J connectivity index is 1.63. The summed E-state index contributed by atoms with van der Waals surface area (Å²) < 4.78 is 16.3. The molecule has 9 nitrogen and oxygen atoms in total. The lowest BCUT2D eigenvalue weighted by Crippen LogP contribution is -2.54. The molecule has 3 aromatic carbocycles. The van der Waals surface area contributed by atoms with Gasteiger partial charge in [-0.15, -0.1) is 0 Å². The standard InChI is InChI=1S/C28H21Cl3N2O7/c1-3-39-23-13-16(12-22(31)24(23)40-14-15-4-9-20(29)21(30)11-15)10-19-25(34)32-28(37)33(26(19)35)18-7-5-17(6-8-18)27(36)38-2/h4-13H,3,14H2,1-2H3,(H,32,34,37)/b19-10+. The fourth-order valence-corrected chi connectivity index (χ4v) is 4.38. The second kappa shape index (κ2) is 12.4. The van der Waals surface area contributed by atoms with Crippen molar-refractivity contribution in [2.75, 3.05) is 18.6 Å². The number of hydrogen-bond acceptors (Lipinski definition) is 7. The maximum absolute atomic E-state index is 13.3. The minimum atomic E-state index is -0.933. The van der Waals surface area contributed by atoms with Crippen molar-refractivity contribution in [1.82, 2.24) is 5.32 Å². The largest absolute Gasteiger partial charge is 0.490 e. The van der Waals surface area contributed by atoms with Crippen LogP contribution in [-0.2, 0) is 20.9 Å². The number of methoxy groups -OCH3 is 1. The van der Waals surface area contributed by atoms with Crippen LogP contribution < -0.4 is 19.7 Å². The number of carbonyl (C=O) groups excluding carboxylic acids is 4. The third kappa shape index (κ3) is 6.22. The summed E-state index contributed by atoms with van der Waals surface area (Å²) in [7, 11) is 1.23. The first-order valence-corrected chi connectivity index (χ1v) is 12.9. The van der Waals surface area contributed by atoms with E-state index >= 15 is 0 Å². The van der Waals surface area contributed by atoms with Crippen LogP contribution in [0, 0.1) is 0 Å². The number of halogens is 3. The molecular weight excluding hydrogens is 583 g/mol. The maximum atomic E-state index is 13.3.